The van der Waals surface area contributed by atoms with Gasteiger partial charge in [-0.1, -0.05) is 36.4 Å². The summed E-state index contributed by atoms with van der Waals surface area (Å²) in [6.07, 6.45) is 0.832. The summed E-state index contributed by atoms with van der Waals surface area (Å²) >= 11 is 0. The fourth-order valence-corrected chi connectivity index (χ4v) is 3.24. The predicted molar refractivity (Wildman–Crippen MR) is 110 cm³/mol. The maximum atomic E-state index is 12.5. The SMILES string of the molecule is O=C(O)CCC(Cc1ccccc1)NC(=O)Nc1cccc(N2CCNC2=O)c1. The van der Waals surface area contributed by atoms with Crippen LogP contribution in [0.1, 0.15) is 18.4 Å². The zero-order chi connectivity index (χ0) is 20.6. The minimum absolute atomic E-state index is 0.0304. The number of hydrogen-bond donors (Lipinski definition) is 4. The van der Waals surface area contributed by atoms with Gasteiger partial charge in [-0.15, -0.1) is 0 Å². The number of nitrogens with one attached hydrogen (secondary N) is 3. The number of anilines is 2. The van der Waals surface area contributed by atoms with Crippen molar-refractivity contribution >= 4 is 29.4 Å². The molecule has 0 spiro atoms. The third kappa shape index (κ3) is 5.97. The van der Waals surface area contributed by atoms with E-state index in [1.165, 1.54) is 0 Å². The number of benzene rings is 2. The van der Waals surface area contributed by atoms with Gasteiger partial charge in [0.2, 0.25) is 0 Å². The van der Waals surface area contributed by atoms with E-state index in [-0.39, 0.29) is 18.5 Å². The molecular formula is C21H24N4O4. The molecule has 1 aliphatic heterocycles. The highest BCUT2D eigenvalue weighted by atomic mass is 16.4. The molecule has 1 unspecified atom stereocenters. The third-order valence-corrected chi connectivity index (χ3v) is 4.64. The molecule has 0 aliphatic carbocycles. The molecule has 0 bridgehead atoms. The number of urea groups is 2. The van der Waals surface area contributed by atoms with Gasteiger partial charge in [0.05, 0.1) is 0 Å². The zero-order valence-electron chi connectivity index (χ0n) is 15.9. The topological polar surface area (TPSA) is 111 Å². The van der Waals surface area contributed by atoms with Crippen LogP contribution in [0.5, 0.6) is 0 Å². The summed E-state index contributed by atoms with van der Waals surface area (Å²) < 4.78 is 0. The largest absolute Gasteiger partial charge is 0.481 e. The number of amides is 4. The monoisotopic (exact) mass is 396 g/mol. The second kappa shape index (κ2) is 9.59. The molecule has 29 heavy (non-hydrogen) atoms. The van der Waals surface area contributed by atoms with E-state index in [1.807, 2.05) is 30.3 Å². The van der Waals surface area contributed by atoms with Gasteiger partial charge in [-0.2, -0.15) is 0 Å². The van der Waals surface area contributed by atoms with Crippen LogP contribution in [0.15, 0.2) is 54.6 Å². The minimum atomic E-state index is -0.901. The van der Waals surface area contributed by atoms with Crippen LogP contribution in [-0.2, 0) is 11.2 Å². The molecule has 2 aromatic carbocycles. The van der Waals surface area contributed by atoms with Crippen molar-refractivity contribution in [2.24, 2.45) is 0 Å². The first kappa shape index (κ1) is 20.2. The number of nitrogens with zero attached hydrogens (tertiary/aromatic N) is 1. The lowest BCUT2D eigenvalue weighted by Crippen LogP contribution is -2.39. The number of rotatable bonds is 8. The number of carboxylic acid groups (broad SMARTS) is 1. The van der Waals surface area contributed by atoms with Crippen molar-refractivity contribution in [1.29, 1.82) is 0 Å². The van der Waals surface area contributed by atoms with Crippen LogP contribution in [0.3, 0.4) is 0 Å². The Morgan fingerprint density at radius 2 is 1.93 bits per heavy atom. The van der Waals surface area contributed by atoms with Crippen molar-refractivity contribution < 1.29 is 19.5 Å². The van der Waals surface area contributed by atoms with E-state index in [0.29, 0.717) is 37.3 Å². The van der Waals surface area contributed by atoms with Gasteiger partial charge in [0.25, 0.3) is 0 Å². The second-order valence-electron chi connectivity index (χ2n) is 6.85. The van der Waals surface area contributed by atoms with E-state index in [9.17, 15) is 14.4 Å². The fourth-order valence-electron chi connectivity index (χ4n) is 3.24. The molecule has 4 N–H and O–H groups in total. The molecule has 8 heteroatoms. The van der Waals surface area contributed by atoms with E-state index in [1.54, 1.807) is 29.2 Å². The lowest BCUT2D eigenvalue weighted by atomic mass is 10.0. The molecule has 1 fully saturated rings. The number of aliphatic carboxylic acids is 1. The van der Waals surface area contributed by atoms with Gasteiger partial charge in [-0.05, 0) is 36.6 Å². The summed E-state index contributed by atoms with van der Waals surface area (Å²) in [6.45, 7) is 1.16. The highest BCUT2D eigenvalue weighted by Gasteiger charge is 2.21. The molecule has 0 aromatic heterocycles. The molecule has 0 radical (unpaired) electrons. The van der Waals surface area contributed by atoms with E-state index in [0.717, 1.165) is 5.56 Å². The van der Waals surface area contributed by atoms with Crippen LogP contribution in [0.4, 0.5) is 21.0 Å². The molecule has 2 aromatic rings. The smallest absolute Gasteiger partial charge is 0.321 e. The molecule has 1 heterocycles. The van der Waals surface area contributed by atoms with Gasteiger partial charge in [0.15, 0.2) is 0 Å². The molecule has 1 saturated heterocycles. The quantitative estimate of drug-likeness (QED) is 0.550. The molecule has 0 saturated carbocycles. The normalized spacial score (nSPS) is 14.2. The van der Waals surface area contributed by atoms with Crippen LogP contribution in [0.2, 0.25) is 0 Å². The van der Waals surface area contributed by atoms with Gasteiger partial charge >= 0.3 is 18.0 Å². The Balaban J connectivity index is 1.63. The van der Waals surface area contributed by atoms with Crippen molar-refractivity contribution in [3.8, 4) is 0 Å². The number of carboxylic acids is 1. The second-order valence-corrected chi connectivity index (χ2v) is 6.85. The maximum Gasteiger partial charge on any atom is 0.321 e. The van der Waals surface area contributed by atoms with Crippen molar-refractivity contribution in [2.45, 2.75) is 25.3 Å². The Kier molecular flexibility index (Phi) is 6.67. The Labute approximate surface area is 168 Å². The summed E-state index contributed by atoms with van der Waals surface area (Å²) in [6, 6.07) is 15.7. The third-order valence-electron chi connectivity index (χ3n) is 4.64. The van der Waals surface area contributed by atoms with Crippen LogP contribution in [0.25, 0.3) is 0 Å². The van der Waals surface area contributed by atoms with Crippen LogP contribution < -0.4 is 20.9 Å². The molecule has 4 amide bonds. The van der Waals surface area contributed by atoms with Gasteiger partial charge < -0.3 is 21.1 Å². The average molecular weight is 396 g/mol. The van der Waals surface area contributed by atoms with E-state index in [4.69, 9.17) is 5.11 Å². The summed E-state index contributed by atoms with van der Waals surface area (Å²) in [5, 5.41) is 17.4. The first-order chi connectivity index (χ1) is 14.0. The Bertz CT molecular complexity index is 872. The van der Waals surface area contributed by atoms with Gasteiger partial charge in [0, 0.05) is 36.9 Å². The molecule has 1 aliphatic rings. The summed E-state index contributed by atoms with van der Waals surface area (Å²) in [5.74, 6) is -0.901. The van der Waals surface area contributed by atoms with Gasteiger partial charge in [0.1, 0.15) is 0 Å². The summed E-state index contributed by atoms with van der Waals surface area (Å²) in [4.78, 5) is 36.9. The molecular weight excluding hydrogens is 372 g/mol. The fraction of sp³-hybridized carbons (Fsp3) is 0.286. The lowest BCUT2D eigenvalue weighted by Gasteiger charge is -2.19. The Morgan fingerprint density at radius 3 is 2.62 bits per heavy atom. The first-order valence-electron chi connectivity index (χ1n) is 9.50. The summed E-state index contributed by atoms with van der Waals surface area (Å²) in [5.41, 5.74) is 2.27. The Morgan fingerprint density at radius 1 is 1.14 bits per heavy atom. The van der Waals surface area contributed by atoms with Crippen LogP contribution >= 0.6 is 0 Å². The number of hydrogen-bond acceptors (Lipinski definition) is 3. The summed E-state index contributed by atoms with van der Waals surface area (Å²) in [7, 11) is 0. The number of carbonyl (C=O) groups excluding carboxylic acids is 2. The van der Waals surface area contributed by atoms with E-state index >= 15 is 0 Å². The average Bonchev–Trinajstić information content (AvgIpc) is 3.13. The lowest BCUT2D eigenvalue weighted by molar-refractivity contribution is -0.137. The molecule has 3 rings (SSSR count). The highest BCUT2D eigenvalue weighted by Crippen LogP contribution is 2.21. The molecule has 8 nitrogen and oxygen atoms in total. The van der Waals surface area contributed by atoms with Crippen LogP contribution in [0, 0.1) is 0 Å². The minimum Gasteiger partial charge on any atom is -0.481 e. The van der Waals surface area contributed by atoms with Gasteiger partial charge in [-0.25, -0.2) is 9.59 Å². The number of carbonyl (C=O) groups is 3. The van der Waals surface area contributed by atoms with Crippen molar-refractivity contribution in [3.05, 3.63) is 60.2 Å². The van der Waals surface area contributed by atoms with Crippen molar-refractivity contribution in [3.63, 3.8) is 0 Å². The van der Waals surface area contributed by atoms with Crippen molar-refractivity contribution in [1.82, 2.24) is 10.6 Å². The first-order valence-corrected chi connectivity index (χ1v) is 9.50. The van der Waals surface area contributed by atoms with Gasteiger partial charge in [-0.3, -0.25) is 9.69 Å². The van der Waals surface area contributed by atoms with Crippen molar-refractivity contribution in [2.75, 3.05) is 23.3 Å². The Hall–Kier alpha value is -3.55. The zero-order valence-corrected chi connectivity index (χ0v) is 15.9. The molecule has 1 atom stereocenters. The standard InChI is InChI=1S/C21H24N4O4/c26-19(27)10-9-17(13-15-5-2-1-3-6-15)24-20(28)23-16-7-4-8-18(14-16)25-12-11-22-21(25)29/h1-8,14,17H,9-13H2,(H,22,29)(H,26,27)(H2,23,24,28). The molecule has 152 valence electrons. The van der Waals surface area contributed by atoms with E-state index in [2.05, 4.69) is 16.0 Å². The maximum absolute atomic E-state index is 12.5. The predicted octanol–water partition coefficient (Wildman–Crippen LogP) is 2.81. The van der Waals surface area contributed by atoms with E-state index < -0.39 is 12.0 Å². The van der Waals surface area contributed by atoms with Crippen LogP contribution in [-0.4, -0.2) is 42.3 Å². The highest BCUT2D eigenvalue weighted by molar-refractivity contribution is 5.95.